The topological polar surface area (TPSA) is 3.24 Å². The van der Waals surface area contributed by atoms with Crippen molar-refractivity contribution in [3.8, 4) is 44.5 Å². The first kappa shape index (κ1) is 39.1. The van der Waals surface area contributed by atoms with E-state index in [1.165, 1.54) is 97.7 Å². The molecule has 0 unspecified atom stereocenters. The number of benzene rings is 11. The van der Waals surface area contributed by atoms with Crippen LogP contribution in [0, 0.1) is 0 Å². The first-order valence-electron chi connectivity index (χ1n) is 23.1. The van der Waals surface area contributed by atoms with Crippen molar-refractivity contribution in [2.45, 2.75) is 5.41 Å². The van der Waals surface area contributed by atoms with Crippen molar-refractivity contribution in [2.24, 2.45) is 0 Å². The fourth-order valence-electron chi connectivity index (χ4n) is 10.9. The Kier molecular flexibility index (Phi) is 9.33. The second-order valence-electron chi connectivity index (χ2n) is 17.6. The molecule has 12 aromatic rings. The van der Waals surface area contributed by atoms with Crippen LogP contribution in [0.15, 0.2) is 261 Å². The standard InChI is InChI=1S/C65H43NS/c1-3-21-50(22-4-1)65(51-23-5-2-6-24-51)61-30-11-9-27-57(61)58-38-34-48(42-62(58)65)44-32-35-52(36-33-44)66(54-37-39-64-60(43-54)59-28-10-12-31-63(59)67-64)53-25-14-19-47(41-53)46-18-13-20-49(40-46)56-29-15-17-45-16-7-8-26-55(45)56/h1-43H. The van der Waals surface area contributed by atoms with E-state index < -0.39 is 5.41 Å². The predicted octanol–water partition coefficient (Wildman–Crippen LogP) is 18.0. The van der Waals surface area contributed by atoms with Gasteiger partial charge in [-0.25, -0.2) is 0 Å². The van der Waals surface area contributed by atoms with Crippen molar-refractivity contribution in [3.63, 3.8) is 0 Å². The Morgan fingerprint density at radius 2 is 0.836 bits per heavy atom. The van der Waals surface area contributed by atoms with Crippen LogP contribution in [0.5, 0.6) is 0 Å². The van der Waals surface area contributed by atoms with E-state index in [0.29, 0.717) is 0 Å². The largest absolute Gasteiger partial charge is 0.310 e. The lowest BCUT2D eigenvalue weighted by Gasteiger charge is -2.34. The SMILES string of the molecule is c1ccc(C2(c3ccccc3)c3ccccc3-c3ccc(-c4ccc(N(c5cccc(-c6cccc(-c7cccc8ccccc78)c6)c5)c5ccc6sc7ccccc7c6c5)cc4)cc32)cc1. The predicted molar refractivity (Wildman–Crippen MR) is 285 cm³/mol. The molecule has 0 N–H and O–H groups in total. The molecule has 67 heavy (non-hydrogen) atoms. The van der Waals surface area contributed by atoms with Gasteiger partial charge < -0.3 is 4.90 Å². The number of hydrogen-bond acceptors (Lipinski definition) is 2. The zero-order chi connectivity index (χ0) is 44.3. The van der Waals surface area contributed by atoms with Crippen molar-refractivity contribution in [1.29, 1.82) is 0 Å². The van der Waals surface area contributed by atoms with Gasteiger partial charge in [-0.15, -0.1) is 11.3 Å². The summed E-state index contributed by atoms with van der Waals surface area (Å²) in [4.78, 5) is 2.42. The fraction of sp³-hybridized carbons (Fsp3) is 0.0154. The van der Waals surface area contributed by atoms with Crippen molar-refractivity contribution in [1.82, 2.24) is 0 Å². The number of thiophene rings is 1. The number of hydrogen-bond donors (Lipinski definition) is 0. The van der Waals surface area contributed by atoms with Gasteiger partial charge in [-0.3, -0.25) is 0 Å². The third-order valence-corrected chi connectivity index (χ3v) is 15.1. The van der Waals surface area contributed by atoms with Crippen LogP contribution < -0.4 is 4.90 Å². The Morgan fingerprint density at radius 1 is 0.284 bits per heavy atom. The van der Waals surface area contributed by atoms with Gasteiger partial charge in [0.25, 0.3) is 0 Å². The molecule has 1 nitrogen and oxygen atoms in total. The van der Waals surface area contributed by atoms with Crippen LogP contribution >= 0.6 is 11.3 Å². The van der Waals surface area contributed by atoms with Crippen molar-refractivity contribution >= 4 is 59.3 Å². The van der Waals surface area contributed by atoms with Gasteiger partial charge >= 0.3 is 0 Å². The minimum Gasteiger partial charge on any atom is -0.310 e. The van der Waals surface area contributed by atoms with E-state index in [1.807, 2.05) is 11.3 Å². The van der Waals surface area contributed by atoms with Crippen LogP contribution in [0.1, 0.15) is 22.3 Å². The van der Waals surface area contributed by atoms with Crippen LogP contribution in [-0.4, -0.2) is 0 Å². The molecular formula is C65H43NS. The summed E-state index contributed by atoms with van der Waals surface area (Å²) >= 11 is 1.86. The summed E-state index contributed by atoms with van der Waals surface area (Å²) in [7, 11) is 0. The van der Waals surface area contributed by atoms with Gasteiger partial charge in [0, 0.05) is 37.2 Å². The second-order valence-corrected chi connectivity index (χ2v) is 18.7. The minimum atomic E-state index is -0.453. The first-order valence-corrected chi connectivity index (χ1v) is 23.9. The molecule has 13 rings (SSSR count). The summed E-state index contributed by atoms with van der Waals surface area (Å²) in [6, 6.07) is 96.3. The van der Waals surface area contributed by atoms with Gasteiger partial charge in [-0.05, 0) is 138 Å². The molecule has 0 amide bonds. The van der Waals surface area contributed by atoms with Crippen LogP contribution in [0.3, 0.4) is 0 Å². The Bertz CT molecular complexity index is 3760. The van der Waals surface area contributed by atoms with Crippen molar-refractivity contribution in [2.75, 3.05) is 4.90 Å². The third-order valence-electron chi connectivity index (χ3n) is 13.9. The Hall–Kier alpha value is -8.30. The Morgan fingerprint density at radius 3 is 1.66 bits per heavy atom. The maximum atomic E-state index is 2.45. The number of anilines is 3. The monoisotopic (exact) mass is 869 g/mol. The van der Waals surface area contributed by atoms with Crippen LogP contribution in [0.4, 0.5) is 17.1 Å². The van der Waals surface area contributed by atoms with Crippen molar-refractivity contribution < 1.29 is 0 Å². The van der Waals surface area contributed by atoms with E-state index in [4.69, 9.17) is 0 Å². The van der Waals surface area contributed by atoms with Crippen molar-refractivity contribution in [3.05, 3.63) is 283 Å². The quantitative estimate of drug-likeness (QED) is 0.147. The molecule has 0 bridgehead atoms. The highest BCUT2D eigenvalue weighted by Crippen LogP contribution is 2.57. The maximum Gasteiger partial charge on any atom is 0.0713 e. The van der Waals surface area contributed by atoms with E-state index in [9.17, 15) is 0 Å². The van der Waals surface area contributed by atoms with Gasteiger partial charge in [0.15, 0.2) is 0 Å². The van der Waals surface area contributed by atoms with E-state index in [-0.39, 0.29) is 0 Å². The molecule has 1 aliphatic carbocycles. The molecule has 1 heterocycles. The molecule has 1 aromatic heterocycles. The van der Waals surface area contributed by atoms with Gasteiger partial charge in [0.05, 0.1) is 5.41 Å². The zero-order valence-electron chi connectivity index (χ0n) is 36.7. The number of rotatable bonds is 8. The maximum absolute atomic E-state index is 2.45. The summed E-state index contributed by atoms with van der Waals surface area (Å²) in [6.07, 6.45) is 0. The van der Waals surface area contributed by atoms with Crippen LogP contribution in [0.25, 0.3) is 75.5 Å². The summed E-state index contributed by atoms with van der Waals surface area (Å²) in [5.41, 5.74) is 17.8. The number of fused-ring (bicyclic) bond motifs is 7. The molecule has 0 saturated heterocycles. The summed E-state index contributed by atoms with van der Waals surface area (Å²) in [6.45, 7) is 0. The van der Waals surface area contributed by atoms with Crippen LogP contribution in [-0.2, 0) is 5.41 Å². The molecule has 314 valence electrons. The molecule has 0 radical (unpaired) electrons. The van der Waals surface area contributed by atoms with Gasteiger partial charge in [0.2, 0.25) is 0 Å². The molecule has 0 atom stereocenters. The van der Waals surface area contributed by atoms with Gasteiger partial charge in [-0.2, -0.15) is 0 Å². The molecule has 0 spiro atoms. The van der Waals surface area contributed by atoms with E-state index in [0.717, 1.165) is 17.1 Å². The van der Waals surface area contributed by atoms with E-state index in [1.54, 1.807) is 0 Å². The van der Waals surface area contributed by atoms with E-state index >= 15 is 0 Å². The zero-order valence-corrected chi connectivity index (χ0v) is 37.5. The second kappa shape index (κ2) is 16.0. The molecule has 11 aromatic carbocycles. The fourth-order valence-corrected chi connectivity index (χ4v) is 12.0. The van der Waals surface area contributed by atoms with E-state index in [2.05, 4.69) is 266 Å². The molecule has 1 aliphatic rings. The summed E-state index contributed by atoms with van der Waals surface area (Å²) in [5.74, 6) is 0. The lowest BCUT2D eigenvalue weighted by Crippen LogP contribution is -2.28. The molecule has 0 saturated carbocycles. The third kappa shape index (κ3) is 6.44. The summed E-state index contributed by atoms with van der Waals surface area (Å²) in [5, 5.41) is 5.08. The Balaban J connectivity index is 0.934. The summed E-state index contributed by atoms with van der Waals surface area (Å²) < 4.78 is 2.60. The molecular weight excluding hydrogens is 827 g/mol. The number of nitrogens with zero attached hydrogens (tertiary/aromatic N) is 1. The average molecular weight is 870 g/mol. The van der Waals surface area contributed by atoms with Crippen LogP contribution in [0.2, 0.25) is 0 Å². The highest BCUT2D eigenvalue weighted by atomic mass is 32.1. The molecule has 2 heteroatoms. The lowest BCUT2D eigenvalue weighted by atomic mass is 9.67. The lowest BCUT2D eigenvalue weighted by molar-refractivity contribution is 0.769. The highest BCUT2D eigenvalue weighted by Gasteiger charge is 2.46. The first-order chi connectivity index (χ1) is 33.2. The van der Waals surface area contributed by atoms with Gasteiger partial charge in [-0.1, -0.05) is 200 Å². The average Bonchev–Trinajstić information content (AvgIpc) is 3.93. The van der Waals surface area contributed by atoms with Gasteiger partial charge in [0.1, 0.15) is 0 Å². The normalized spacial score (nSPS) is 12.6. The smallest absolute Gasteiger partial charge is 0.0713 e. The molecule has 0 aliphatic heterocycles. The Labute approximate surface area is 395 Å². The highest BCUT2D eigenvalue weighted by molar-refractivity contribution is 7.25. The molecule has 0 fully saturated rings. The minimum absolute atomic E-state index is 0.453.